The topological polar surface area (TPSA) is 122 Å². The second-order valence-corrected chi connectivity index (χ2v) is 9.63. The van der Waals surface area contributed by atoms with Crippen molar-refractivity contribution in [3.05, 3.63) is 5.01 Å². The maximum absolute atomic E-state index is 12.4. The predicted molar refractivity (Wildman–Crippen MR) is 93.2 cm³/mol. The van der Waals surface area contributed by atoms with E-state index in [1.54, 1.807) is 0 Å². The molecule has 9 nitrogen and oxygen atoms in total. The van der Waals surface area contributed by atoms with Gasteiger partial charge in [-0.3, -0.25) is 14.9 Å². The smallest absolute Gasteiger partial charge is 0.273 e. The molecule has 1 atom stereocenters. The van der Waals surface area contributed by atoms with Crippen LogP contribution in [0, 0.1) is 0 Å². The van der Waals surface area contributed by atoms with Gasteiger partial charge in [0.05, 0.1) is 17.5 Å². The van der Waals surface area contributed by atoms with Gasteiger partial charge in [-0.2, -0.15) is 5.10 Å². The number of hydrogen-bond donors (Lipinski definition) is 1. The van der Waals surface area contributed by atoms with Crippen molar-refractivity contribution in [2.24, 2.45) is 5.10 Å². The minimum atomic E-state index is -3.14. The van der Waals surface area contributed by atoms with Crippen molar-refractivity contribution in [3.8, 4) is 0 Å². The molecule has 11 heteroatoms. The Hall–Kier alpha value is -1.88. The Morgan fingerprint density at radius 2 is 2.08 bits per heavy atom. The molecule has 0 aromatic carbocycles. The molecule has 0 saturated carbocycles. The molecule has 0 aliphatic carbocycles. The summed E-state index contributed by atoms with van der Waals surface area (Å²) < 4.78 is 23.2. The molecule has 1 unspecified atom stereocenters. The molecule has 2 amide bonds. The zero-order valence-electron chi connectivity index (χ0n) is 13.9. The SMILES string of the molecule is CC(C)c1nnc(NC(=O)C2=NN(C3CCS(=O)(=O)C3)C(=O)CC2)s1. The molecule has 1 aromatic rings. The Morgan fingerprint density at radius 1 is 1.32 bits per heavy atom. The summed E-state index contributed by atoms with van der Waals surface area (Å²) in [6.45, 7) is 3.97. The van der Waals surface area contributed by atoms with Gasteiger partial charge in [0.1, 0.15) is 10.7 Å². The van der Waals surface area contributed by atoms with Crippen molar-refractivity contribution in [2.45, 2.75) is 45.1 Å². The van der Waals surface area contributed by atoms with Crippen LogP contribution in [-0.2, 0) is 19.4 Å². The molecule has 1 N–H and O–H groups in total. The molecular formula is C14H19N5O4S2. The first-order valence-electron chi connectivity index (χ1n) is 8.00. The van der Waals surface area contributed by atoms with Crippen LogP contribution in [-0.4, -0.2) is 58.7 Å². The van der Waals surface area contributed by atoms with E-state index < -0.39 is 21.8 Å². The molecule has 2 aliphatic rings. The third kappa shape index (κ3) is 4.03. The Bertz CT molecular complexity index is 830. The Morgan fingerprint density at radius 3 is 2.68 bits per heavy atom. The fraction of sp³-hybridized carbons (Fsp3) is 0.643. The third-order valence-corrected chi connectivity index (χ3v) is 6.92. The van der Waals surface area contributed by atoms with Crippen LogP contribution in [0.4, 0.5) is 5.13 Å². The van der Waals surface area contributed by atoms with Crippen LogP contribution in [0.1, 0.15) is 44.0 Å². The number of hydrogen-bond acceptors (Lipinski definition) is 8. The van der Waals surface area contributed by atoms with Gasteiger partial charge in [0, 0.05) is 18.8 Å². The molecule has 1 saturated heterocycles. The van der Waals surface area contributed by atoms with E-state index in [1.165, 1.54) is 16.3 Å². The van der Waals surface area contributed by atoms with E-state index in [1.807, 2.05) is 13.8 Å². The first-order chi connectivity index (χ1) is 11.7. The third-order valence-electron chi connectivity index (χ3n) is 4.03. The normalized spacial score (nSPS) is 23.0. The zero-order valence-corrected chi connectivity index (χ0v) is 15.6. The van der Waals surface area contributed by atoms with Gasteiger partial charge < -0.3 is 0 Å². The van der Waals surface area contributed by atoms with Crippen molar-refractivity contribution in [1.29, 1.82) is 0 Å². The molecule has 1 fully saturated rings. The van der Waals surface area contributed by atoms with Gasteiger partial charge in [0.2, 0.25) is 11.0 Å². The summed E-state index contributed by atoms with van der Waals surface area (Å²) in [7, 11) is -3.14. The molecule has 0 bridgehead atoms. The van der Waals surface area contributed by atoms with Crippen LogP contribution in [0.25, 0.3) is 0 Å². The Labute approximate surface area is 149 Å². The minimum absolute atomic E-state index is 0.0429. The number of carbonyl (C=O) groups is 2. The number of anilines is 1. The number of nitrogens with one attached hydrogen (secondary N) is 1. The first-order valence-corrected chi connectivity index (χ1v) is 10.6. The fourth-order valence-corrected chi connectivity index (χ4v) is 5.11. The van der Waals surface area contributed by atoms with Gasteiger partial charge >= 0.3 is 0 Å². The number of amides is 2. The molecule has 0 spiro atoms. The Balaban J connectivity index is 1.73. The summed E-state index contributed by atoms with van der Waals surface area (Å²) in [4.78, 5) is 24.5. The van der Waals surface area contributed by atoms with Gasteiger partial charge in [-0.15, -0.1) is 10.2 Å². The van der Waals surface area contributed by atoms with Crippen molar-refractivity contribution < 1.29 is 18.0 Å². The van der Waals surface area contributed by atoms with E-state index >= 15 is 0 Å². The lowest BCUT2D eigenvalue weighted by Gasteiger charge is -2.27. The highest BCUT2D eigenvalue weighted by atomic mass is 32.2. The second kappa shape index (κ2) is 6.79. The molecule has 136 valence electrons. The van der Waals surface area contributed by atoms with Gasteiger partial charge in [-0.05, 0) is 6.42 Å². The van der Waals surface area contributed by atoms with Crippen LogP contribution in [0.2, 0.25) is 0 Å². The number of aromatic nitrogens is 2. The quantitative estimate of drug-likeness (QED) is 0.817. The first kappa shape index (κ1) is 17.9. The molecule has 3 rings (SSSR count). The lowest BCUT2D eigenvalue weighted by atomic mass is 10.1. The molecule has 3 heterocycles. The van der Waals surface area contributed by atoms with Crippen LogP contribution >= 0.6 is 11.3 Å². The number of carbonyl (C=O) groups excluding carboxylic acids is 2. The summed E-state index contributed by atoms with van der Waals surface area (Å²) in [6.07, 6.45) is 0.702. The monoisotopic (exact) mass is 385 g/mol. The van der Waals surface area contributed by atoms with Gasteiger partial charge in [-0.25, -0.2) is 13.4 Å². The van der Waals surface area contributed by atoms with Crippen LogP contribution in [0.15, 0.2) is 5.10 Å². The minimum Gasteiger partial charge on any atom is -0.295 e. The van der Waals surface area contributed by atoms with Crippen LogP contribution < -0.4 is 5.32 Å². The summed E-state index contributed by atoms with van der Waals surface area (Å²) in [5.74, 6) is -0.541. The number of rotatable bonds is 4. The van der Waals surface area contributed by atoms with Crippen LogP contribution in [0.5, 0.6) is 0 Å². The molecule has 2 aliphatic heterocycles. The number of nitrogens with zero attached hydrogens (tertiary/aromatic N) is 4. The average Bonchev–Trinajstić information content (AvgIpc) is 3.14. The molecule has 25 heavy (non-hydrogen) atoms. The van der Waals surface area contributed by atoms with E-state index in [0.717, 1.165) is 5.01 Å². The maximum atomic E-state index is 12.4. The molecule has 1 aromatic heterocycles. The summed E-state index contributed by atoms with van der Waals surface area (Å²) in [6, 6.07) is -0.491. The summed E-state index contributed by atoms with van der Waals surface area (Å²) in [5.41, 5.74) is 0.199. The van der Waals surface area contributed by atoms with Crippen molar-refractivity contribution in [2.75, 3.05) is 16.8 Å². The number of hydrazone groups is 1. The lowest BCUT2D eigenvalue weighted by Crippen LogP contribution is -2.42. The van der Waals surface area contributed by atoms with Gasteiger partial charge in [0.25, 0.3) is 5.91 Å². The summed E-state index contributed by atoms with van der Waals surface area (Å²) in [5, 5.41) is 17.1. The fourth-order valence-electron chi connectivity index (χ4n) is 2.68. The average molecular weight is 385 g/mol. The highest BCUT2D eigenvalue weighted by Gasteiger charge is 2.37. The highest BCUT2D eigenvalue weighted by molar-refractivity contribution is 7.91. The number of sulfone groups is 1. The largest absolute Gasteiger partial charge is 0.295 e. The predicted octanol–water partition coefficient (Wildman–Crippen LogP) is 0.765. The van der Waals surface area contributed by atoms with E-state index in [2.05, 4.69) is 20.6 Å². The van der Waals surface area contributed by atoms with E-state index in [0.29, 0.717) is 11.6 Å². The van der Waals surface area contributed by atoms with Crippen LogP contribution in [0.3, 0.4) is 0 Å². The van der Waals surface area contributed by atoms with Gasteiger partial charge in [0.15, 0.2) is 9.84 Å². The van der Waals surface area contributed by atoms with E-state index in [-0.39, 0.29) is 41.9 Å². The second-order valence-electron chi connectivity index (χ2n) is 6.40. The summed E-state index contributed by atoms with van der Waals surface area (Å²) >= 11 is 1.29. The van der Waals surface area contributed by atoms with Crippen molar-refractivity contribution >= 4 is 43.8 Å². The van der Waals surface area contributed by atoms with E-state index in [4.69, 9.17) is 0 Å². The highest BCUT2D eigenvalue weighted by Crippen LogP contribution is 2.24. The van der Waals surface area contributed by atoms with Crippen molar-refractivity contribution in [1.82, 2.24) is 15.2 Å². The Kier molecular flexibility index (Phi) is 4.87. The van der Waals surface area contributed by atoms with Crippen molar-refractivity contribution in [3.63, 3.8) is 0 Å². The molecular weight excluding hydrogens is 366 g/mol. The lowest BCUT2D eigenvalue weighted by molar-refractivity contribution is -0.133. The zero-order chi connectivity index (χ0) is 18.2. The molecule has 0 radical (unpaired) electrons. The van der Waals surface area contributed by atoms with Gasteiger partial charge in [-0.1, -0.05) is 25.2 Å². The standard InChI is InChI=1S/C14H19N5O4S2/c1-8(2)13-16-17-14(24-13)15-12(21)10-3-4-11(20)19(18-10)9-5-6-25(22,23)7-9/h8-9H,3-7H2,1-2H3,(H,15,17,21). The van der Waals surface area contributed by atoms with E-state index in [9.17, 15) is 18.0 Å². The maximum Gasteiger partial charge on any atom is 0.273 e.